The highest BCUT2D eigenvalue weighted by atomic mass is 16.5. The average molecular weight is 266 g/mol. The summed E-state index contributed by atoms with van der Waals surface area (Å²) in [6.07, 6.45) is 2.22. The van der Waals surface area contributed by atoms with E-state index in [-0.39, 0.29) is 0 Å². The lowest BCUT2D eigenvalue weighted by Gasteiger charge is -2.26. The lowest BCUT2D eigenvalue weighted by Crippen LogP contribution is -2.35. The Kier molecular flexibility index (Phi) is 5.36. The monoisotopic (exact) mass is 266 g/mol. The molecule has 2 heterocycles. The first-order chi connectivity index (χ1) is 9.26. The number of rotatable bonds is 7. The van der Waals surface area contributed by atoms with Crippen molar-refractivity contribution in [3.8, 4) is 0 Å². The summed E-state index contributed by atoms with van der Waals surface area (Å²) in [6, 6.07) is 0. The van der Waals surface area contributed by atoms with Gasteiger partial charge in [0, 0.05) is 39.5 Å². The van der Waals surface area contributed by atoms with Gasteiger partial charge in [0.05, 0.1) is 18.8 Å². The molecule has 1 aliphatic rings. The van der Waals surface area contributed by atoms with Crippen LogP contribution in [0.2, 0.25) is 0 Å². The quantitative estimate of drug-likeness (QED) is 0.742. The summed E-state index contributed by atoms with van der Waals surface area (Å²) in [7, 11) is 1.76. The van der Waals surface area contributed by atoms with Crippen molar-refractivity contribution in [2.75, 3.05) is 39.9 Å². The SMILES string of the molecule is CCN(CC)Cc1cn2c(n1)CN(CCOC)CC2. The van der Waals surface area contributed by atoms with Gasteiger partial charge in [-0.1, -0.05) is 13.8 Å². The Morgan fingerprint density at radius 1 is 1.32 bits per heavy atom. The fourth-order valence-electron chi connectivity index (χ4n) is 2.52. The molecular weight excluding hydrogens is 240 g/mol. The molecule has 0 radical (unpaired) electrons. The molecule has 2 rings (SSSR count). The molecule has 1 aromatic heterocycles. The summed E-state index contributed by atoms with van der Waals surface area (Å²) in [5.74, 6) is 1.20. The number of hydrogen-bond donors (Lipinski definition) is 0. The van der Waals surface area contributed by atoms with Crippen molar-refractivity contribution in [1.29, 1.82) is 0 Å². The third-order valence-electron chi connectivity index (χ3n) is 3.82. The smallest absolute Gasteiger partial charge is 0.123 e. The van der Waals surface area contributed by atoms with Crippen LogP contribution in [0.15, 0.2) is 6.20 Å². The summed E-state index contributed by atoms with van der Waals surface area (Å²) in [6.45, 7) is 12.4. The largest absolute Gasteiger partial charge is 0.383 e. The van der Waals surface area contributed by atoms with E-state index in [4.69, 9.17) is 9.72 Å². The van der Waals surface area contributed by atoms with Gasteiger partial charge in [0.1, 0.15) is 5.82 Å². The molecule has 0 aromatic carbocycles. The molecule has 0 atom stereocenters. The Balaban J connectivity index is 1.96. The highest BCUT2D eigenvalue weighted by Gasteiger charge is 2.18. The molecule has 0 fully saturated rings. The fourth-order valence-corrected chi connectivity index (χ4v) is 2.52. The highest BCUT2D eigenvalue weighted by Crippen LogP contribution is 2.13. The van der Waals surface area contributed by atoms with Crippen molar-refractivity contribution in [3.05, 3.63) is 17.7 Å². The number of nitrogens with zero attached hydrogens (tertiary/aromatic N) is 4. The maximum Gasteiger partial charge on any atom is 0.123 e. The second-order valence-corrected chi connectivity index (χ2v) is 5.07. The summed E-state index contributed by atoms with van der Waals surface area (Å²) in [5.41, 5.74) is 1.20. The molecule has 0 N–H and O–H groups in total. The van der Waals surface area contributed by atoms with Crippen LogP contribution in [0.4, 0.5) is 0 Å². The van der Waals surface area contributed by atoms with Crippen LogP contribution in [0.25, 0.3) is 0 Å². The molecule has 1 aliphatic heterocycles. The molecule has 5 heteroatoms. The van der Waals surface area contributed by atoms with Gasteiger partial charge >= 0.3 is 0 Å². The molecule has 0 bridgehead atoms. The number of aromatic nitrogens is 2. The van der Waals surface area contributed by atoms with Gasteiger partial charge < -0.3 is 9.30 Å². The van der Waals surface area contributed by atoms with Gasteiger partial charge in [-0.05, 0) is 13.1 Å². The van der Waals surface area contributed by atoms with E-state index in [0.29, 0.717) is 0 Å². The van der Waals surface area contributed by atoms with Crippen LogP contribution >= 0.6 is 0 Å². The van der Waals surface area contributed by atoms with E-state index in [1.165, 1.54) is 11.5 Å². The van der Waals surface area contributed by atoms with E-state index in [1.54, 1.807) is 7.11 Å². The van der Waals surface area contributed by atoms with E-state index in [1.807, 2.05) is 0 Å². The van der Waals surface area contributed by atoms with E-state index < -0.39 is 0 Å². The molecule has 0 unspecified atom stereocenters. The van der Waals surface area contributed by atoms with Crippen LogP contribution in [0.3, 0.4) is 0 Å². The van der Waals surface area contributed by atoms with Crippen LogP contribution < -0.4 is 0 Å². The van der Waals surface area contributed by atoms with Crippen molar-refractivity contribution in [1.82, 2.24) is 19.4 Å². The predicted molar refractivity (Wildman–Crippen MR) is 76.0 cm³/mol. The number of fused-ring (bicyclic) bond motifs is 1. The number of hydrogen-bond acceptors (Lipinski definition) is 4. The molecule has 0 spiro atoms. The lowest BCUT2D eigenvalue weighted by molar-refractivity contribution is 0.130. The summed E-state index contributed by atoms with van der Waals surface area (Å²) in [5, 5.41) is 0. The first-order valence-electron chi connectivity index (χ1n) is 7.25. The minimum Gasteiger partial charge on any atom is -0.383 e. The Bertz CT molecular complexity index is 387. The molecule has 19 heavy (non-hydrogen) atoms. The van der Waals surface area contributed by atoms with Gasteiger partial charge in [0.2, 0.25) is 0 Å². The van der Waals surface area contributed by atoms with Gasteiger partial charge in [-0.25, -0.2) is 4.98 Å². The molecule has 0 amide bonds. The number of imidazole rings is 1. The minimum atomic E-state index is 0.799. The first-order valence-corrected chi connectivity index (χ1v) is 7.25. The van der Waals surface area contributed by atoms with Crippen molar-refractivity contribution < 1.29 is 4.74 Å². The normalized spacial score (nSPS) is 16.0. The van der Waals surface area contributed by atoms with Gasteiger partial charge in [0.25, 0.3) is 0 Å². The minimum absolute atomic E-state index is 0.799. The van der Waals surface area contributed by atoms with E-state index >= 15 is 0 Å². The summed E-state index contributed by atoms with van der Waals surface area (Å²) >= 11 is 0. The zero-order valence-electron chi connectivity index (χ0n) is 12.4. The van der Waals surface area contributed by atoms with Crippen molar-refractivity contribution >= 4 is 0 Å². The Morgan fingerprint density at radius 2 is 2.11 bits per heavy atom. The zero-order valence-corrected chi connectivity index (χ0v) is 12.4. The molecule has 1 aromatic rings. The van der Waals surface area contributed by atoms with Gasteiger partial charge in [-0.2, -0.15) is 0 Å². The Hall–Kier alpha value is -0.910. The van der Waals surface area contributed by atoms with Crippen molar-refractivity contribution in [2.45, 2.75) is 33.5 Å². The van der Waals surface area contributed by atoms with Gasteiger partial charge in [-0.15, -0.1) is 0 Å². The number of ether oxygens (including phenoxy) is 1. The van der Waals surface area contributed by atoms with Crippen LogP contribution in [0.5, 0.6) is 0 Å². The maximum absolute atomic E-state index is 5.14. The van der Waals surface area contributed by atoms with Crippen molar-refractivity contribution in [2.24, 2.45) is 0 Å². The molecule has 0 saturated heterocycles. The van der Waals surface area contributed by atoms with Crippen LogP contribution in [0, 0.1) is 0 Å². The molecular formula is C14H26N4O. The van der Waals surface area contributed by atoms with E-state index in [9.17, 15) is 0 Å². The second-order valence-electron chi connectivity index (χ2n) is 5.07. The van der Waals surface area contributed by atoms with Crippen LogP contribution in [-0.2, 0) is 24.4 Å². The Morgan fingerprint density at radius 3 is 2.79 bits per heavy atom. The summed E-state index contributed by atoms with van der Waals surface area (Å²) < 4.78 is 7.45. The number of methoxy groups -OCH3 is 1. The molecule has 0 aliphatic carbocycles. The third kappa shape index (κ3) is 3.78. The van der Waals surface area contributed by atoms with Crippen LogP contribution in [0.1, 0.15) is 25.4 Å². The first kappa shape index (κ1) is 14.5. The standard InChI is InChI=1S/C14H26N4O/c1-4-16(5-2)10-13-11-18-7-6-17(8-9-19-3)12-14(18)15-13/h11H,4-10,12H2,1-3H3. The molecule has 108 valence electrons. The van der Waals surface area contributed by atoms with Crippen LogP contribution in [-0.4, -0.2) is 59.2 Å². The van der Waals surface area contributed by atoms with Crippen molar-refractivity contribution in [3.63, 3.8) is 0 Å². The fraction of sp³-hybridized carbons (Fsp3) is 0.786. The maximum atomic E-state index is 5.14. The highest BCUT2D eigenvalue weighted by molar-refractivity contribution is 5.06. The Labute approximate surface area is 116 Å². The third-order valence-corrected chi connectivity index (χ3v) is 3.82. The molecule has 0 saturated carbocycles. The van der Waals surface area contributed by atoms with E-state index in [2.05, 4.69) is 34.4 Å². The molecule has 5 nitrogen and oxygen atoms in total. The average Bonchev–Trinajstić information content (AvgIpc) is 2.84. The van der Waals surface area contributed by atoms with Gasteiger partial charge in [-0.3, -0.25) is 9.80 Å². The van der Waals surface area contributed by atoms with E-state index in [0.717, 1.165) is 52.4 Å². The summed E-state index contributed by atoms with van der Waals surface area (Å²) in [4.78, 5) is 9.59. The topological polar surface area (TPSA) is 33.5 Å². The second kappa shape index (κ2) is 7.03. The predicted octanol–water partition coefficient (Wildman–Crippen LogP) is 1.19. The zero-order chi connectivity index (χ0) is 13.7. The lowest BCUT2D eigenvalue weighted by atomic mass is 10.3. The van der Waals surface area contributed by atoms with Gasteiger partial charge in [0.15, 0.2) is 0 Å².